The highest BCUT2D eigenvalue weighted by Gasteiger charge is 2.09. The number of carbonyl (C=O) groups excluding carboxylic acids is 1. The Bertz CT molecular complexity index is 643. The van der Waals surface area contributed by atoms with Crippen molar-refractivity contribution in [3.8, 4) is 0 Å². The molecule has 2 aromatic carbocycles. The molecule has 2 rings (SSSR count). The molecule has 0 radical (unpaired) electrons. The van der Waals surface area contributed by atoms with E-state index in [1.54, 1.807) is 12.1 Å². The summed E-state index contributed by atoms with van der Waals surface area (Å²) in [6.07, 6.45) is 0. The van der Waals surface area contributed by atoms with Crippen LogP contribution in [0.3, 0.4) is 0 Å². The van der Waals surface area contributed by atoms with E-state index in [-0.39, 0.29) is 0 Å². The van der Waals surface area contributed by atoms with E-state index < -0.39 is 5.91 Å². The third kappa shape index (κ3) is 3.30. The molecule has 0 unspecified atom stereocenters. The van der Waals surface area contributed by atoms with E-state index in [9.17, 15) is 4.79 Å². The first-order valence-electron chi connectivity index (χ1n) is 6.12. The summed E-state index contributed by atoms with van der Waals surface area (Å²) in [5, 5.41) is 0. The lowest BCUT2D eigenvalue weighted by molar-refractivity contribution is 0.100. The highest BCUT2D eigenvalue weighted by molar-refractivity contribution is 9.10. The lowest BCUT2D eigenvalue weighted by Gasteiger charge is -2.20. The number of nitrogens with two attached hydrogens (primary N) is 2. The molecule has 0 saturated heterocycles. The van der Waals surface area contributed by atoms with Gasteiger partial charge in [0.15, 0.2) is 0 Å². The molecule has 0 aliphatic carbocycles. The molecule has 0 fully saturated rings. The molecule has 0 saturated carbocycles. The largest absolute Gasteiger partial charge is 0.398 e. The molecule has 4 N–H and O–H groups in total. The van der Waals surface area contributed by atoms with Crippen molar-refractivity contribution in [1.82, 2.24) is 0 Å². The average Bonchev–Trinajstić information content (AvgIpc) is 2.38. The first kappa shape index (κ1) is 14.4. The Morgan fingerprint density at radius 3 is 2.65 bits per heavy atom. The van der Waals surface area contributed by atoms with Gasteiger partial charge in [-0.25, -0.2) is 0 Å². The average molecular weight is 334 g/mol. The van der Waals surface area contributed by atoms with Crippen molar-refractivity contribution in [3.05, 3.63) is 58.1 Å². The zero-order chi connectivity index (χ0) is 14.7. The zero-order valence-electron chi connectivity index (χ0n) is 11.1. The second kappa shape index (κ2) is 5.96. The molecule has 5 heteroatoms. The minimum atomic E-state index is -0.514. The molecule has 0 spiro atoms. The minimum absolute atomic E-state index is 0.351. The van der Waals surface area contributed by atoms with Crippen molar-refractivity contribution in [1.29, 1.82) is 0 Å². The first-order chi connectivity index (χ1) is 9.47. The zero-order valence-corrected chi connectivity index (χ0v) is 12.7. The third-order valence-electron chi connectivity index (χ3n) is 3.05. The molecule has 0 heterocycles. The van der Waals surface area contributed by atoms with Crippen LogP contribution in [0.2, 0.25) is 0 Å². The molecule has 0 bridgehead atoms. The quantitative estimate of drug-likeness (QED) is 0.845. The molecule has 0 aliphatic heterocycles. The Morgan fingerprint density at radius 2 is 2.00 bits per heavy atom. The lowest BCUT2D eigenvalue weighted by Crippen LogP contribution is -2.19. The van der Waals surface area contributed by atoms with Gasteiger partial charge in [0.25, 0.3) is 5.91 Å². The van der Waals surface area contributed by atoms with Gasteiger partial charge in [-0.2, -0.15) is 0 Å². The first-order valence-corrected chi connectivity index (χ1v) is 6.91. The second-order valence-corrected chi connectivity index (χ2v) is 5.54. The van der Waals surface area contributed by atoms with E-state index in [4.69, 9.17) is 11.5 Å². The van der Waals surface area contributed by atoms with Gasteiger partial charge in [0.1, 0.15) is 0 Å². The summed E-state index contributed by atoms with van der Waals surface area (Å²) in [6.45, 7) is 0.724. The van der Waals surface area contributed by atoms with Crippen molar-refractivity contribution >= 4 is 33.2 Å². The number of primary amides is 1. The van der Waals surface area contributed by atoms with E-state index in [0.717, 1.165) is 16.7 Å². The van der Waals surface area contributed by atoms with E-state index in [2.05, 4.69) is 22.0 Å². The highest BCUT2D eigenvalue weighted by atomic mass is 79.9. The van der Waals surface area contributed by atoms with Crippen molar-refractivity contribution in [3.63, 3.8) is 0 Å². The maximum Gasteiger partial charge on any atom is 0.250 e. The fourth-order valence-corrected chi connectivity index (χ4v) is 2.44. The predicted molar refractivity (Wildman–Crippen MR) is 85.6 cm³/mol. The minimum Gasteiger partial charge on any atom is -0.398 e. The van der Waals surface area contributed by atoms with E-state index in [0.29, 0.717) is 11.3 Å². The fraction of sp³-hybridized carbons (Fsp3) is 0.133. The number of amides is 1. The Balaban J connectivity index is 2.23. The van der Waals surface area contributed by atoms with Gasteiger partial charge in [0, 0.05) is 29.4 Å². The highest BCUT2D eigenvalue weighted by Crippen LogP contribution is 2.22. The smallest absolute Gasteiger partial charge is 0.250 e. The number of benzene rings is 2. The van der Waals surface area contributed by atoms with Crippen molar-refractivity contribution in [2.24, 2.45) is 5.73 Å². The molecule has 0 aromatic heterocycles. The lowest BCUT2D eigenvalue weighted by atomic mass is 10.1. The summed E-state index contributed by atoms with van der Waals surface area (Å²) in [6, 6.07) is 13.4. The fourth-order valence-electron chi connectivity index (χ4n) is 2.00. The van der Waals surface area contributed by atoms with Crippen LogP contribution in [0.4, 0.5) is 11.4 Å². The van der Waals surface area contributed by atoms with Crippen LogP contribution < -0.4 is 16.4 Å². The summed E-state index contributed by atoms with van der Waals surface area (Å²) in [5.74, 6) is -0.514. The normalized spacial score (nSPS) is 10.3. The van der Waals surface area contributed by atoms with Gasteiger partial charge < -0.3 is 16.4 Å². The van der Waals surface area contributed by atoms with Crippen LogP contribution in [-0.2, 0) is 6.54 Å². The van der Waals surface area contributed by atoms with Crippen LogP contribution in [0.15, 0.2) is 46.9 Å². The number of hydrogen-bond acceptors (Lipinski definition) is 3. The van der Waals surface area contributed by atoms with E-state index in [1.807, 2.05) is 36.2 Å². The van der Waals surface area contributed by atoms with Gasteiger partial charge >= 0.3 is 0 Å². The summed E-state index contributed by atoms with van der Waals surface area (Å²) < 4.78 is 1.04. The van der Waals surface area contributed by atoms with Gasteiger partial charge in [0.2, 0.25) is 0 Å². The number of rotatable bonds is 4. The molecular weight excluding hydrogens is 318 g/mol. The van der Waals surface area contributed by atoms with Gasteiger partial charge in [-0.05, 0) is 35.9 Å². The summed E-state index contributed by atoms with van der Waals surface area (Å²) >= 11 is 3.45. The van der Waals surface area contributed by atoms with Crippen molar-refractivity contribution < 1.29 is 4.79 Å². The Hall–Kier alpha value is -2.01. The van der Waals surface area contributed by atoms with Gasteiger partial charge in [0.05, 0.1) is 5.56 Å². The molecule has 0 atom stereocenters. The molecule has 0 aliphatic rings. The number of nitrogens with zero attached hydrogens (tertiary/aromatic N) is 1. The molecule has 2 aromatic rings. The number of nitrogen functional groups attached to an aromatic ring is 1. The van der Waals surface area contributed by atoms with Crippen molar-refractivity contribution in [2.75, 3.05) is 17.7 Å². The summed E-state index contributed by atoms with van der Waals surface area (Å²) in [7, 11) is 1.96. The number of anilines is 2. The Kier molecular flexibility index (Phi) is 4.29. The van der Waals surface area contributed by atoms with Crippen LogP contribution in [0.1, 0.15) is 15.9 Å². The monoisotopic (exact) mass is 333 g/mol. The standard InChI is InChI=1S/C15H16BrN3O/c1-19(9-10-3-2-4-11(16)7-10)12-5-6-14(17)13(8-12)15(18)20/h2-8H,9,17H2,1H3,(H2,18,20). The molecular formula is C15H16BrN3O. The Morgan fingerprint density at radius 1 is 1.25 bits per heavy atom. The van der Waals surface area contributed by atoms with Crippen LogP contribution in [0.5, 0.6) is 0 Å². The summed E-state index contributed by atoms with van der Waals surface area (Å²) in [4.78, 5) is 13.4. The van der Waals surface area contributed by atoms with E-state index in [1.165, 1.54) is 5.56 Å². The van der Waals surface area contributed by atoms with Gasteiger partial charge in [-0.1, -0.05) is 28.1 Å². The van der Waals surface area contributed by atoms with Crippen LogP contribution >= 0.6 is 15.9 Å². The maximum atomic E-state index is 11.3. The Labute approximate surface area is 126 Å². The molecule has 20 heavy (non-hydrogen) atoms. The predicted octanol–water partition coefficient (Wildman–Crippen LogP) is 2.77. The number of halogens is 1. The van der Waals surface area contributed by atoms with Crippen LogP contribution in [0.25, 0.3) is 0 Å². The van der Waals surface area contributed by atoms with Gasteiger partial charge in [-0.3, -0.25) is 4.79 Å². The van der Waals surface area contributed by atoms with Crippen LogP contribution in [-0.4, -0.2) is 13.0 Å². The number of hydrogen-bond donors (Lipinski definition) is 2. The SMILES string of the molecule is CN(Cc1cccc(Br)c1)c1ccc(N)c(C(N)=O)c1. The molecule has 4 nitrogen and oxygen atoms in total. The van der Waals surface area contributed by atoms with E-state index >= 15 is 0 Å². The molecule has 1 amide bonds. The van der Waals surface area contributed by atoms with Gasteiger partial charge in [-0.15, -0.1) is 0 Å². The second-order valence-electron chi connectivity index (χ2n) is 4.62. The summed E-state index contributed by atoms with van der Waals surface area (Å²) in [5.41, 5.74) is 13.9. The van der Waals surface area contributed by atoms with Crippen molar-refractivity contribution in [2.45, 2.75) is 6.54 Å². The molecule has 104 valence electrons. The maximum absolute atomic E-state index is 11.3. The topological polar surface area (TPSA) is 72.3 Å². The third-order valence-corrected chi connectivity index (χ3v) is 3.55. The van der Waals surface area contributed by atoms with Crippen LogP contribution in [0, 0.1) is 0 Å². The number of carbonyl (C=O) groups is 1.